The fourth-order valence-electron chi connectivity index (χ4n) is 6.84. The third-order valence-corrected chi connectivity index (χ3v) is 10.2. The van der Waals surface area contributed by atoms with Crippen LogP contribution in [0.5, 0.6) is 5.75 Å². The highest BCUT2D eigenvalue weighted by molar-refractivity contribution is 6.62. The molecule has 254 valence electrons. The van der Waals surface area contributed by atoms with E-state index in [9.17, 15) is 4.79 Å². The number of carbonyl (C=O) groups excluding carboxylic acids is 1. The lowest BCUT2D eigenvalue weighted by molar-refractivity contribution is -0.143. The van der Waals surface area contributed by atoms with Gasteiger partial charge in [-0.1, -0.05) is 56.3 Å². The predicted octanol–water partition coefficient (Wildman–Crippen LogP) is 7.37. The van der Waals surface area contributed by atoms with Crippen LogP contribution in [0, 0.1) is 5.41 Å². The van der Waals surface area contributed by atoms with Gasteiger partial charge < -0.3 is 28.1 Å². The molecule has 2 aliphatic rings. The van der Waals surface area contributed by atoms with Crippen LogP contribution in [0.1, 0.15) is 90.3 Å². The molecular weight excluding hydrogens is 603 g/mol. The van der Waals surface area contributed by atoms with Gasteiger partial charge in [-0.25, -0.2) is 0 Å². The lowest BCUT2D eigenvalue weighted by atomic mass is 9.76. The van der Waals surface area contributed by atoms with Crippen LogP contribution in [0.15, 0.2) is 54.7 Å². The normalized spacial score (nSPS) is 17.5. The lowest BCUT2D eigenvalue weighted by Gasteiger charge is -2.32. The summed E-state index contributed by atoms with van der Waals surface area (Å²) in [6.07, 6.45) is 4.17. The highest BCUT2D eigenvalue weighted by Crippen LogP contribution is 2.44. The van der Waals surface area contributed by atoms with Gasteiger partial charge in [-0.2, -0.15) is 0 Å². The summed E-state index contributed by atoms with van der Waals surface area (Å²) < 4.78 is 33.4. The summed E-state index contributed by atoms with van der Waals surface area (Å²) in [6.45, 7) is 17.8. The summed E-state index contributed by atoms with van der Waals surface area (Å²) in [5.41, 5.74) is 7.46. The summed E-state index contributed by atoms with van der Waals surface area (Å²) in [5, 5.41) is 1.16. The van der Waals surface area contributed by atoms with Gasteiger partial charge >= 0.3 is 13.1 Å². The van der Waals surface area contributed by atoms with Gasteiger partial charge in [0.25, 0.3) is 0 Å². The van der Waals surface area contributed by atoms with Gasteiger partial charge in [-0.15, -0.1) is 0 Å². The molecule has 0 amide bonds. The molecule has 0 aliphatic carbocycles. The second kappa shape index (κ2) is 13.0. The summed E-state index contributed by atoms with van der Waals surface area (Å²) in [6, 6.07) is 16.8. The van der Waals surface area contributed by atoms with E-state index < -0.39 is 18.3 Å². The maximum absolute atomic E-state index is 11.9. The van der Waals surface area contributed by atoms with E-state index in [2.05, 4.69) is 76.4 Å². The number of ether oxygens (including phenoxy) is 3. The topological polar surface area (TPSA) is 81.0 Å². The van der Waals surface area contributed by atoms with Gasteiger partial charge in [0.05, 0.1) is 47.0 Å². The Kier molecular flexibility index (Phi) is 9.26. The highest BCUT2D eigenvalue weighted by Gasteiger charge is 2.52. The molecule has 8 nitrogen and oxygen atoms in total. The van der Waals surface area contributed by atoms with Gasteiger partial charge in [0.2, 0.25) is 0 Å². The average Bonchev–Trinajstić information content (AvgIpc) is 3.47. The minimum atomic E-state index is -0.480. The number of aromatic nitrogens is 2. The molecule has 1 atom stereocenters. The molecule has 0 spiro atoms. The van der Waals surface area contributed by atoms with Crippen molar-refractivity contribution in [3.63, 3.8) is 0 Å². The molecule has 0 saturated carbocycles. The molecule has 0 bridgehead atoms. The number of hydrogen-bond acceptors (Lipinski definition) is 7. The molecule has 1 fully saturated rings. The molecule has 2 aliphatic heterocycles. The minimum absolute atomic E-state index is 0.251. The maximum atomic E-state index is 11.9. The monoisotopic (exact) mass is 652 g/mol. The third-order valence-electron chi connectivity index (χ3n) is 10.2. The molecule has 2 aromatic carbocycles. The highest BCUT2D eigenvalue weighted by atomic mass is 16.7. The van der Waals surface area contributed by atoms with E-state index in [0.29, 0.717) is 25.4 Å². The Bertz CT molecular complexity index is 1800. The summed E-state index contributed by atoms with van der Waals surface area (Å²) >= 11 is 0. The van der Waals surface area contributed by atoms with E-state index >= 15 is 0 Å². The van der Waals surface area contributed by atoms with Crippen molar-refractivity contribution >= 4 is 29.5 Å². The smallest absolute Gasteiger partial charge is 0.487 e. The summed E-state index contributed by atoms with van der Waals surface area (Å²) in [5.74, 6) is 0.413. The van der Waals surface area contributed by atoms with E-state index in [1.165, 1.54) is 23.6 Å². The van der Waals surface area contributed by atoms with Crippen molar-refractivity contribution in [3.8, 4) is 17.0 Å². The Balaban J connectivity index is 1.56. The molecule has 0 radical (unpaired) electrons. The van der Waals surface area contributed by atoms with E-state index in [0.717, 1.165) is 52.8 Å². The van der Waals surface area contributed by atoms with Gasteiger partial charge in [0.15, 0.2) is 0 Å². The molecular formula is C39H49BN2O6. The molecule has 2 aromatic heterocycles. The van der Waals surface area contributed by atoms with Crippen LogP contribution in [0.3, 0.4) is 0 Å². The number of pyridine rings is 1. The van der Waals surface area contributed by atoms with Crippen LogP contribution in [0.2, 0.25) is 0 Å². The van der Waals surface area contributed by atoms with Crippen LogP contribution >= 0.6 is 0 Å². The van der Waals surface area contributed by atoms with E-state index in [1.807, 2.05) is 25.1 Å². The van der Waals surface area contributed by atoms with Crippen molar-refractivity contribution in [1.29, 1.82) is 0 Å². The standard InChI is InChI=1S/C39H49BN2O6/c1-25(44-9)34-32(20-30(22-41-34)45-23-27-14-11-10-12-15-27)36-33(21-37(3,4)24-46-26(2)43)31-19-29(18-28-16-13-17-42(36)35(28)31)40-47-38(5,6)39(7,8)48-40/h10-12,14-15,18-20,22,25H,13,16-17,21,23-24H2,1-9H3. The third kappa shape index (κ3) is 6.65. The molecule has 1 unspecified atom stereocenters. The first kappa shape index (κ1) is 34.2. The molecule has 0 N–H and O–H groups in total. The van der Waals surface area contributed by atoms with Crippen molar-refractivity contribution in [2.45, 2.75) is 105 Å². The Morgan fingerprint density at radius 3 is 2.46 bits per heavy atom. The van der Waals surface area contributed by atoms with Crippen molar-refractivity contribution in [1.82, 2.24) is 9.55 Å². The van der Waals surface area contributed by atoms with Gasteiger partial charge in [-0.05, 0) is 82.1 Å². The number of nitrogens with zero attached hydrogens (tertiary/aromatic N) is 2. The summed E-state index contributed by atoms with van der Waals surface area (Å²) in [7, 11) is 1.24. The minimum Gasteiger partial charge on any atom is -0.487 e. The number of benzene rings is 2. The van der Waals surface area contributed by atoms with E-state index in [4.69, 9.17) is 28.5 Å². The zero-order chi connectivity index (χ0) is 34.4. The van der Waals surface area contributed by atoms with Crippen molar-refractivity contribution in [3.05, 3.63) is 77.1 Å². The lowest BCUT2D eigenvalue weighted by Crippen LogP contribution is -2.41. The SMILES string of the molecule is COC(C)c1ncc(OCc2ccccc2)cc1-c1c(CC(C)(C)COC(C)=O)c2cc(B3OC(C)(C)C(C)(C)O3)cc3c2n1CCC3. The van der Waals surface area contributed by atoms with Crippen LogP contribution in [-0.2, 0) is 49.6 Å². The predicted molar refractivity (Wildman–Crippen MR) is 190 cm³/mol. The van der Waals surface area contributed by atoms with Crippen LogP contribution < -0.4 is 10.2 Å². The Morgan fingerprint density at radius 1 is 1.08 bits per heavy atom. The number of methoxy groups -OCH3 is 1. The van der Waals surface area contributed by atoms with Gasteiger partial charge in [-0.3, -0.25) is 9.78 Å². The van der Waals surface area contributed by atoms with Gasteiger partial charge in [0.1, 0.15) is 12.4 Å². The van der Waals surface area contributed by atoms with Crippen molar-refractivity contribution < 1.29 is 28.3 Å². The Morgan fingerprint density at radius 2 is 1.79 bits per heavy atom. The molecule has 6 rings (SSSR count). The zero-order valence-electron chi connectivity index (χ0n) is 29.9. The van der Waals surface area contributed by atoms with Crippen LogP contribution in [-0.4, -0.2) is 47.6 Å². The Hall–Kier alpha value is -3.66. The summed E-state index contributed by atoms with van der Waals surface area (Å²) in [4.78, 5) is 16.9. The quantitative estimate of drug-likeness (QED) is 0.124. The number of carbonyl (C=O) groups is 1. The fraction of sp³-hybridized carbons (Fsp3) is 0.487. The zero-order valence-corrected chi connectivity index (χ0v) is 29.9. The van der Waals surface area contributed by atoms with E-state index in [1.54, 1.807) is 13.3 Å². The number of hydrogen-bond donors (Lipinski definition) is 0. The molecule has 4 aromatic rings. The first-order valence-electron chi connectivity index (χ1n) is 17.1. The van der Waals surface area contributed by atoms with Gasteiger partial charge in [0, 0.05) is 36.9 Å². The number of esters is 1. The largest absolute Gasteiger partial charge is 0.494 e. The number of rotatable bonds is 11. The van der Waals surface area contributed by atoms with E-state index in [-0.39, 0.29) is 17.5 Å². The molecule has 1 saturated heterocycles. The van der Waals surface area contributed by atoms with Crippen molar-refractivity contribution in [2.75, 3.05) is 13.7 Å². The molecule has 9 heteroatoms. The van der Waals surface area contributed by atoms with Crippen LogP contribution in [0.25, 0.3) is 22.2 Å². The molecule has 4 heterocycles. The second-order valence-corrected chi connectivity index (χ2v) is 15.1. The maximum Gasteiger partial charge on any atom is 0.494 e. The first-order valence-corrected chi connectivity index (χ1v) is 17.1. The van der Waals surface area contributed by atoms with Crippen LogP contribution in [0.4, 0.5) is 0 Å². The molecule has 48 heavy (non-hydrogen) atoms. The second-order valence-electron chi connectivity index (χ2n) is 15.1. The number of aryl methyl sites for hydroxylation is 2. The fourth-order valence-corrected chi connectivity index (χ4v) is 6.84. The first-order chi connectivity index (χ1) is 22.7. The average molecular weight is 653 g/mol. The Labute approximate surface area is 285 Å². The van der Waals surface area contributed by atoms with Crippen molar-refractivity contribution in [2.24, 2.45) is 5.41 Å².